The van der Waals surface area contributed by atoms with E-state index in [0.717, 1.165) is 38.9 Å². The Labute approximate surface area is 185 Å². The molecule has 3 N–H and O–H groups in total. The third-order valence-electron chi connectivity index (χ3n) is 5.27. The molecule has 7 heteroatoms. The topological polar surface area (TPSA) is 108 Å². The number of aromatic nitrogens is 1. The first-order valence-electron chi connectivity index (χ1n) is 10.2. The van der Waals surface area contributed by atoms with Crippen molar-refractivity contribution in [2.24, 2.45) is 5.73 Å². The third-order valence-corrected chi connectivity index (χ3v) is 5.27. The molecule has 4 rings (SSSR count). The molecule has 0 fully saturated rings. The highest BCUT2D eigenvalue weighted by Gasteiger charge is 2.15. The van der Waals surface area contributed by atoms with Gasteiger partial charge in [-0.25, -0.2) is 0 Å². The maximum Gasteiger partial charge on any atom is 0.307 e. The fraction of sp³-hybridized carbons (Fsp3) is 0.200. The van der Waals surface area contributed by atoms with E-state index in [4.69, 9.17) is 19.6 Å². The zero-order chi connectivity index (χ0) is 22.7. The van der Waals surface area contributed by atoms with E-state index in [9.17, 15) is 9.90 Å². The molecule has 2 heterocycles. The van der Waals surface area contributed by atoms with Gasteiger partial charge >= 0.3 is 5.97 Å². The zero-order valence-corrected chi connectivity index (χ0v) is 17.9. The lowest BCUT2D eigenvalue weighted by Crippen LogP contribution is -2.05. The van der Waals surface area contributed by atoms with Crippen molar-refractivity contribution < 1.29 is 23.8 Å². The van der Waals surface area contributed by atoms with Crippen LogP contribution in [-0.2, 0) is 24.4 Å². The molecule has 164 valence electrons. The van der Waals surface area contributed by atoms with Crippen molar-refractivity contribution in [1.29, 1.82) is 0 Å². The lowest BCUT2D eigenvalue weighted by molar-refractivity contribution is -0.136. The van der Waals surface area contributed by atoms with Gasteiger partial charge in [0.1, 0.15) is 23.7 Å². The monoisotopic (exact) mass is 432 g/mol. The molecule has 32 heavy (non-hydrogen) atoms. The number of nitrogens with zero attached hydrogens (tertiary/aromatic N) is 1. The predicted molar refractivity (Wildman–Crippen MR) is 121 cm³/mol. The van der Waals surface area contributed by atoms with Crippen molar-refractivity contribution >= 4 is 16.9 Å². The number of rotatable bonds is 8. The normalized spacial score (nSPS) is 11.0. The van der Waals surface area contributed by atoms with Gasteiger partial charge in [-0.3, -0.25) is 9.78 Å². The SMILES string of the molecule is COc1ccc(CC(=O)O)c(OCc2cc(-c3ccnc(CN)c3)c3occ(C)c3c2)c1. The molecule has 0 radical (unpaired) electrons. The van der Waals surface area contributed by atoms with Crippen molar-refractivity contribution in [2.75, 3.05) is 7.11 Å². The van der Waals surface area contributed by atoms with Crippen LogP contribution in [0.3, 0.4) is 0 Å². The maximum absolute atomic E-state index is 11.2. The lowest BCUT2D eigenvalue weighted by Gasteiger charge is -2.13. The summed E-state index contributed by atoms with van der Waals surface area (Å²) in [5.41, 5.74) is 11.7. The Morgan fingerprint density at radius 2 is 2.03 bits per heavy atom. The van der Waals surface area contributed by atoms with Gasteiger partial charge in [0.25, 0.3) is 0 Å². The zero-order valence-electron chi connectivity index (χ0n) is 17.9. The summed E-state index contributed by atoms with van der Waals surface area (Å²) in [5.74, 6) is 0.153. The van der Waals surface area contributed by atoms with Gasteiger partial charge in [0.15, 0.2) is 0 Å². The average Bonchev–Trinajstić information content (AvgIpc) is 3.18. The largest absolute Gasteiger partial charge is 0.497 e. The number of nitrogens with two attached hydrogens (primary N) is 1. The summed E-state index contributed by atoms with van der Waals surface area (Å²) in [6.45, 7) is 2.59. The summed E-state index contributed by atoms with van der Waals surface area (Å²) in [6.07, 6.45) is 3.33. The van der Waals surface area contributed by atoms with Gasteiger partial charge in [-0.1, -0.05) is 6.07 Å². The standard InChI is InChI=1S/C25H24N2O5/c1-15-13-32-25-21(15)7-16(8-22(25)17-5-6-27-19(9-17)12-26)14-31-23-11-20(30-2)4-3-18(23)10-24(28)29/h3-9,11,13H,10,12,14,26H2,1-2H3,(H,28,29). The number of ether oxygens (including phenoxy) is 2. The van der Waals surface area contributed by atoms with Crippen LogP contribution in [0.1, 0.15) is 22.4 Å². The molecule has 0 atom stereocenters. The maximum atomic E-state index is 11.2. The smallest absolute Gasteiger partial charge is 0.307 e. The molecule has 2 aromatic heterocycles. The van der Waals surface area contributed by atoms with Gasteiger partial charge in [0.2, 0.25) is 0 Å². The Morgan fingerprint density at radius 1 is 1.19 bits per heavy atom. The van der Waals surface area contributed by atoms with Crippen molar-refractivity contribution in [3.8, 4) is 22.6 Å². The number of pyridine rings is 1. The predicted octanol–water partition coefficient (Wildman–Crippen LogP) is 4.48. The highest BCUT2D eigenvalue weighted by Crippen LogP contribution is 2.34. The minimum atomic E-state index is -0.925. The molecular weight excluding hydrogens is 408 g/mol. The molecule has 0 bridgehead atoms. The molecule has 4 aromatic rings. The number of furan rings is 1. The second-order valence-electron chi connectivity index (χ2n) is 7.51. The van der Waals surface area contributed by atoms with E-state index < -0.39 is 5.97 Å². The number of aliphatic carboxylic acids is 1. The minimum absolute atomic E-state index is 0.136. The summed E-state index contributed by atoms with van der Waals surface area (Å²) >= 11 is 0. The van der Waals surface area contributed by atoms with Crippen LogP contribution in [0.15, 0.2) is 59.3 Å². The molecule has 0 saturated heterocycles. The van der Waals surface area contributed by atoms with E-state index in [2.05, 4.69) is 4.98 Å². The lowest BCUT2D eigenvalue weighted by atomic mass is 9.99. The van der Waals surface area contributed by atoms with E-state index in [1.807, 2.05) is 31.2 Å². The number of carbonyl (C=O) groups is 1. The van der Waals surface area contributed by atoms with Crippen molar-refractivity contribution in [2.45, 2.75) is 26.5 Å². The van der Waals surface area contributed by atoms with Crippen LogP contribution in [0.5, 0.6) is 11.5 Å². The van der Waals surface area contributed by atoms with Gasteiger partial charge in [-0.05, 0) is 53.9 Å². The van der Waals surface area contributed by atoms with Gasteiger partial charge < -0.3 is 24.7 Å². The molecule has 0 amide bonds. The van der Waals surface area contributed by atoms with E-state index in [-0.39, 0.29) is 13.0 Å². The van der Waals surface area contributed by atoms with Gasteiger partial charge in [-0.2, -0.15) is 0 Å². The molecule has 0 unspecified atom stereocenters. The molecule has 0 saturated carbocycles. The van der Waals surface area contributed by atoms with Gasteiger partial charge in [0, 0.05) is 35.3 Å². The Bertz CT molecular complexity index is 1280. The number of benzene rings is 2. The summed E-state index contributed by atoms with van der Waals surface area (Å²) < 4.78 is 17.2. The fourth-order valence-corrected chi connectivity index (χ4v) is 3.64. The first-order chi connectivity index (χ1) is 15.5. The van der Waals surface area contributed by atoms with Gasteiger partial charge in [-0.15, -0.1) is 0 Å². The van der Waals surface area contributed by atoms with Crippen LogP contribution in [0.2, 0.25) is 0 Å². The summed E-state index contributed by atoms with van der Waals surface area (Å²) in [7, 11) is 1.56. The molecule has 0 aliphatic heterocycles. The van der Waals surface area contributed by atoms with Crippen LogP contribution >= 0.6 is 0 Å². The first-order valence-corrected chi connectivity index (χ1v) is 10.2. The molecule has 0 aliphatic rings. The number of aryl methyl sites for hydroxylation is 1. The molecule has 0 spiro atoms. The fourth-order valence-electron chi connectivity index (χ4n) is 3.64. The van der Waals surface area contributed by atoms with Crippen molar-refractivity contribution in [3.63, 3.8) is 0 Å². The van der Waals surface area contributed by atoms with Crippen LogP contribution < -0.4 is 15.2 Å². The average molecular weight is 432 g/mol. The highest BCUT2D eigenvalue weighted by molar-refractivity contribution is 5.95. The molecule has 7 nitrogen and oxygen atoms in total. The molecular formula is C25H24N2O5. The summed E-state index contributed by atoms with van der Waals surface area (Å²) in [6, 6.07) is 13.0. The van der Waals surface area contributed by atoms with Crippen molar-refractivity contribution in [3.05, 3.63) is 77.3 Å². The molecule has 0 aliphatic carbocycles. The Morgan fingerprint density at radius 3 is 2.78 bits per heavy atom. The van der Waals surface area contributed by atoms with E-state index in [1.54, 1.807) is 37.8 Å². The van der Waals surface area contributed by atoms with Crippen LogP contribution in [0.25, 0.3) is 22.1 Å². The summed E-state index contributed by atoms with van der Waals surface area (Å²) in [5, 5.41) is 10.2. The van der Waals surface area contributed by atoms with Gasteiger partial charge in [0.05, 0.1) is 25.5 Å². The second kappa shape index (κ2) is 9.11. The Kier molecular flexibility index (Phi) is 6.09. The number of hydrogen-bond acceptors (Lipinski definition) is 6. The van der Waals surface area contributed by atoms with Crippen molar-refractivity contribution in [1.82, 2.24) is 4.98 Å². The number of carboxylic acid groups (broad SMARTS) is 1. The van der Waals surface area contributed by atoms with E-state index >= 15 is 0 Å². The number of hydrogen-bond donors (Lipinski definition) is 2. The van der Waals surface area contributed by atoms with E-state index in [0.29, 0.717) is 23.6 Å². The second-order valence-corrected chi connectivity index (χ2v) is 7.51. The highest BCUT2D eigenvalue weighted by atomic mass is 16.5. The molecule has 2 aromatic carbocycles. The minimum Gasteiger partial charge on any atom is -0.497 e. The summed E-state index contributed by atoms with van der Waals surface area (Å²) in [4.78, 5) is 15.5. The van der Waals surface area contributed by atoms with E-state index in [1.165, 1.54) is 0 Å². The van der Waals surface area contributed by atoms with Crippen LogP contribution in [0.4, 0.5) is 0 Å². The Balaban J connectivity index is 1.72. The third kappa shape index (κ3) is 4.43. The van der Waals surface area contributed by atoms with Crippen LogP contribution in [0, 0.1) is 6.92 Å². The number of methoxy groups -OCH3 is 1. The number of fused-ring (bicyclic) bond motifs is 1. The quantitative estimate of drug-likeness (QED) is 0.423. The van der Waals surface area contributed by atoms with Crippen LogP contribution in [-0.4, -0.2) is 23.2 Å². The Hall–Kier alpha value is -3.84. The number of carboxylic acids is 1. The first kappa shape index (κ1) is 21.4.